The molecular weight excluding hydrogens is 350 g/mol. The molecule has 1 amide bonds. The van der Waals surface area contributed by atoms with Crippen LogP contribution >= 0.6 is 0 Å². The first kappa shape index (κ1) is 18.2. The molecule has 0 N–H and O–H groups in total. The van der Waals surface area contributed by atoms with Crippen molar-refractivity contribution >= 4 is 11.7 Å². The Kier molecular flexibility index (Phi) is 5.37. The topological polar surface area (TPSA) is 54.3 Å². The molecule has 0 radical (unpaired) electrons. The lowest BCUT2D eigenvalue weighted by Crippen LogP contribution is -2.36. The Morgan fingerprint density at radius 3 is 2.43 bits per heavy atom. The van der Waals surface area contributed by atoms with Gasteiger partial charge in [-0.25, -0.2) is 0 Å². The van der Waals surface area contributed by atoms with Crippen LogP contribution in [0.5, 0.6) is 0 Å². The van der Waals surface area contributed by atoms with E-state index in [1.165, 1.54) is 0 Å². The number of aromatic nitrogens is 3. The molecule has 1 aliphatic rings. The molecule has 0 spiro atoms. The van der Waals surface area contributed by atoms with E-state index in [9.17, 15) is 4.79 Å². The number of anilines is 1. The van der Waals surface area contributed by atoms with Gasteiger partial charge in [-0.2, -0.15) is 5.10 Å². The smallest absolute Gasteiger partial charge is 0.227 e. The summed E-state index contributed by atoms with van der Waals surface area (Å²) in [5.41, 5.74) is 3.07. The van der Waals surface area contributed by atoms with E-state index in [0.29, 0.717) is 6.42 Å². The fourth-order valence-corrected chi connectivity index (χ4v) is 3.54. The van der Waals surface area contributed by atoms with Gasteiger partial charge in [0.2, 0.25) is 5.91 Å². The van der Waals surface area contributed by atoms with E-state index in [4.69, 9.17) is 0 Å². The van der Waals surface area contributed by atoms with E-state index in [1.807, 2.05) is 60.6 Å². The monoisotopic (exact) mass is 375 g/mol. The molecule has 1 saturated heterocycles. The molecular formula is C22H25N5O. The van der Waals surface area contributed by atoms with Crippen molar-refractivity contribution in [3.8, 4) is 5.69 Å². The van der Waals surface area contributed by atoms with Gasteiger partial charge in [0.1, 0.15) is 0 Å². The van der Waals surface area contributed by atoms with Crippen LogP contribution in [0.4, 0.5) is 5.82 Å². The summed E-state index contributed by atoms with van der Waals surface area (Å²) in [6.07, 6.45) is 5.41. The molecule has 1 fully saturated rings. The zero-order valence-corrected chi connectivity index (χ0v) is 16.2. The molecule has 3 aromatic rings. The average molecular weight is 375 g/mol. The van der Waals surface area contributed by atoms with Gasteiger partial charge in [0.05, 0.1) is 12.1 Å². The van der Waals surface area contributed by atoms with Gasteiger partial charge in [-0.1, -0.05) is 12.1 Å². The lowest BCUT2D eigenvalue weighted by Gasteiger charge is -2.22. The molecule has 0 atom stereocenters. The van der Waals surface area contributed by atoms with Crippen LogP contribution in [-0.4, -0.2) is 51.8 Å². The maximum Gasteiger partial charge on any atom is 0.227 e. The summed E-state index contributed by atoms with van der Waals surface area (Å²) in [6, 6.07) is 16.2. The van der Waals surface area contributed by atoms with Gasteiger partial charge in [0.25, 0.3) is 0 Å². The first-order chi connectivity index (χ1) is 13.7. The Bertz CT molecular complexity index is 903. The molecule has 6 nitrogen and oxygen atoms in total. The molecule has 6 heteroatoms. The number of carbonyl (C=O) groups excluding carboxylic acids is 1. The summed E-state index contributed by atoms with van der Waals surface area (Å²) in [7, 11) is 0. The quantitative estimate of drug-likeness (QED) is 0.704. The van der Waals surface area contributed by atoms with Crippen molar-refractivity contribution in [2.75, 3.05) is 31.1 Å². The van der Waals surface area contributed by atoms with Crippen molar-refractivity contribution in [2.24, 2.45) is 0 Å². The molecule has 2 aromatic heterocycles. The second kappa shape index (κ2) is 8.25. The van der Waals surface area contributed by atoms with Crippen LogP contribution in [0.1, 0.15) is 17.7 Å². The molecule has 28 heavy (non-hydrogen) atoms. The van der Waals surface area contributed by atoms with Crippen molar-refractivity contribution in [2.45, 2.75) is 19.8 Å². The molecule has 0 aliphatic carbocycles. The van der Waals surface area contributed by atoms with Gasteiger partial charge in [0.15, 0.2) is 5.82 Å². The molecule has 0 saturated carbocycles. The number of aryl methyl sites for hydroxylation is 1. The molecule has 1 aliphatic heterocycles. The van der Waals surface area contributed by atoms with Crippen LogP contribution in [0.2, 0.25) is 0 Å². The molecule has 0 unspecified atom stereocenters. The Morgan fingerprint density at radius 1 is 0.929 bits per heavy atom. The molecule has 0 bridgehead atoms. The highest BCUT2D eigenvalue weighted by Crippen LogP contribution is 2.15. The zero-order valence-electron chi connectivity index (χ0n) is 16.2. The number of rotatable bonds is 4. The number of hydrogen-bond donors (Lipinski definition) is 0. The van der Waals surface area contributed by atoms with Gasteiger partial charge in [-0.15, -0.1) is 5.10 Å². The first-order valence-electron chi connectivity index (χ1n) is 9.74. The third kappa shape index (κ3) is 4.22. The summed E-state index contributed by atoms with van der Waals surface area (Å²) in [6.45, 7) is 5.12. The summed E-state index contributed by atoms with van der Waals surface area (Å²) in [4.78, 5) is 17.0. The summed E-state index contributed by atoms with van der Waals surface area (Å²) in [5, 5.41) is 8.43. The number of hydrogen-bond acceptors (Lipinski definition) is 4. The standard InChI is InChI=1S/C22H25N5O/c1-18-5-10-21(24-23-18)26-13-4-14-27(16-15-26)22(28)17-19-6-8-20(9-7-19)25-11-2-3-12-25/h2-3,5-12H,4,13-17H2,1H3. The van der Waals surface area contributed by atoms with Crippen LogP contribution in [-0.2, 0) is 11.2 Å². The number of benzene rings is 1. The van der Waals surface area contributed by atoms with Gasteiger partial charge in [-0.3, -0.25) is 4.79 Å². The normalized spacial score (nSPS) is 14.8. The Balaban J connectivity index is 1.35. The highest BCUT2D eigenvalue weighted by atomic mass is 16.2. The second-order valence-electron chi connectivity index (χ2n) is 7.19. The maximum atomic E-state index is 12.8. The fourth-order valence-electron chi connectivity index (χ4n) is 3.54. The zero-order chi connectivity index (χ0) is 19.3. The minimum absolute atomic E-state index is 0.186. The predicted molar refractivity (Wildman–Crippen MR) is 110 cm³/mol. The van der Waals surface area contributed by atoms with Crippen LogP contribution in [0.3, 0.4) is 0 Å². The summed E-state index contributed by atoms with van der Waals surface area (Å²) >= 11 is 0. The number of amides is 1. The maximum absolute atomic E-state index is 12.8. The molecule has 144 valence electrons. The van der Waals surface area contributed by atoms with Gasteiger partial charge in [0, 0.05) is 44.3 Å². The van der Waals surface area contributed by atoms with E-state index in [-0.39, 0.29) is 5.91 Å². The number of carbonyl (C=O) groups is 1. The third-order valence-electron chi connectivity index (χ3n) is 5.15. The third-order valence-corrected chi connectivity index (χ3v) is 5.15. The van der Waals surface area contributed by atoms with E-state index >= 15 is 0 Å². The minimum Gasteiger partial charge on any atom is -0.353 e. The van der Waals surface area contributed by atoms with E-state index < -0.39 is 0 Å². The van der Waals surface area contributed by atoms with Crippen molar-refractivity contribution in [1.29, 1.82) is 0 Å². The fraction of sp³-hybridized carbons (Fsp3) is 0.318. The minimum atomic E-state index is 0.186. The van der Waals surface area contributed by atoms with Gasteiger partial charge in [-0.05, 0) is 55.3 Å². The average Bonchev–Trinajstić information content (AvgIpc) is 3.14. The first-order valence-corrected chi connectivity index (χ1v) is 9.74. The van der Waals surface area contributed by atoms with Crippen molar-refractivity contribution in [3.05, 3.63) is 72.2 Å². The van der Waals surface area contributed by atoms with Crippen molar-refractivity contribution in [1.82, 2.24) is 19.7 Å². The largest absolute Gasteiger partial charge is 0.353 e. The Hall–Kier alpha value is -3.15. The highest BCUT2D eigenvalue weighted by Gasteiger charge is 2.20. The van der Waals surface area contributed by atoms with Gasteiger partial charge >= 0.3 is 0 Å². The van der Waals surface area contributed by atoms with Crippen LogP contribution < -0.4 is 4.90 Å². The van der Waals surface area contributed by atoms with Crippen molar-refractivity contribution in [3.63, 3.8) is 0 Å². The predicted octanol–water partition coefficient (Wildman–Crippen LogP) is 2.86. The number of nitrogens with zero attached hydrogens (tertiary/aromatic N) is 5. The Morgan fingerprint density at radius 2 is 1.71 bits per heavy atom. The van der Waals surface area contributed by atoms with E-state index in [2.05, 4.69) is 31.8 Å². The SMILES string of the molecule is Cc1ccc(N2CCCN(C(=O)Cc3ccc(-n4cccc4)cc3)CC2)nn1. The van der Waals surface area contributed by atoms with E-state index in [0.717, 1.165) is 55.4 Å². The van der Waals surface area contributed by atoms with E-state index in [1.54, 1.807) is 0 Å². The molecule has 3 heterocycles. The van der Waals surface area contributed by atoms with Gasteiger partial charge < -0.3 is 14.4 Å². The molecule has 4 rings (SSSR count). The lowest BCUT2D eigenvalue weighted by atomic mass is 10.1. The van der Waals surface area contributed by atoms with Crippen molar-refractivity contribution < 1.29 is 4.79 Å². The lowest BCUT2D eigenvalue weighted by molar-refractivity contribution is -0.130. The van der Waals surface area contributed by atoms with Crippen LogP contribution in [0, 0.1) is 6.92 Å². The van der Waals surface area contributed by atoms with Crippen LogP contribution in [0.15, 0.2) is 60.9 Å². The Labute approximate surface area is 165 Å². The molecule has 1 aromatic carbocycles. The van der Waals surface area contributed by atoms with Crippen LogP contribution in [0.25, 0.3) is 5.69 Å². The second-order valence-corrected chi connectivity index (χ2v) is 7.19. The summed E-state index contributed by atoms with van der Waals surface area (Å²) in [5.74, 6) is 1.08. The summed E-state index contributed by atoms with van der Waals surface area (Å²) < 4.78 is 2.06. The highest BCUT2D eigenvalue weighted by molar-refractivity contribution is 5.79.